The average Bonchev–Trinajstić information content (AvgIpc) is 2.55. The number of hydrogen-bond acceptors (Lipinski definition) is 4. The number of carbonyl (C=O) groups is 2. The van der Waals surface area contributed by atoms with Crippen molar-refractivity contribution in [2.45, 2.75) is 57.7 Å². The third-order valence-electron chi connectivity index (χ3n) is 4.36. The molecule has 26 heavy (non-hydrogen) atoms. The highest BCUT2D eigenvalue weighted by molar-refractivity contribution is 5.86. The number of rotatable bonds is 5. The van der Waals surface area contributed by atoms with E-state index >= 15 is 0 Å². The lowest BCUT2D eigenvalue weighted by Crippen LogP contribution is -2.53. The van der Waals surface area contributed by atoms with Crippen molar-refractivity contribution < 1.29 is 14.3 Å². The van der Waals surface area contributed by atoms with Crippen molar-refractivity contribution in [1.82, 2.24) is 15.5 Å². The van der Waals surface area contributed by atoms with Gasteiger partial charge in [0.2, 0.25) is 5.91 Å². The number of hydrogen-bond donors (Lipinski definition) is 2. The molecule has 1 saturated heterocycles. The summed E-state index contributed by atoms with van der Waals surface area (Å²) in [5.41, 5.74) is 0.387. The number of nitrogens with one attached hydrogen (secondary N) is 2. The smallest absolute Gasteiger partial charge is 0.408 e. The van der Waals surface area contributed by atoms with Gasteiger partial charge < -0.3 is 20.3 Å². The van der Waals surface area contributed by atoms with Gasteiger partial charge in [-0.25, -0.2) is 4.79 Å². The lowest BCUT2D eigenvalue weighted by molar-refractivity contribution is -0.124. The molecular formula is C20H31N3O3. The van der Waals surface area contributed by atoms with E-state index in [0.717, 1.165) is 31.5 Å². The molecule has 6 heteroatoms. The van der Waals surface area contributed by atoms with Crippen LogP contribution in [0.5, 0.6) is 0 Å². The summed E-state index contributed by atoms with van der Waals surface area (Å²) in [5.74, 6) is -0.158. The first-order valence-electron chi connectivity index (χ1n) is 9.25. The third kappa shape index (κ3) is 7.04. The SMILES string of the molecule is CN1CCC(NC(=O)C(Cc2ccccc2)NC(=O)OC(C)(C)C)CC1. The van der Waals surface area contributed by atoms with E-state index in [1.165, 1.54) is 0 Å². The molecule has 1 aliphatic heterocycles. The van der Waals surface area contributed by atoms with E-state index in [4.69, 9.17) is 4.74 Å². The number of alkyl carbamates (subject to hydrolysis) is 1. The van der Waals surface area contributed by atoms with Gasteiger partial charge >= 0.3 is 6.09 Å². The molecule has 2 rings (SSSR count). The van der Waals surface area contributed by atoms with Crippen LogP contribution in [0.2, 0.25) is 0 Å². The fourth-order valence-corrected chi connectivity index (χ4v) is 2.96. The van der Waals surface area contributed by atoms with E-state index in [1.54, 1.807) is 20.8 Å². The molecule has 0 bridgehead atoms. The van der Waals surface area contributed by atoms with Crippen LogP contribution in [0, 0.1) is 0 Å². The zero-order valence-electron chi connectivity index (χ0n) is 16.2. The van der Waals surface area contributed by atoms with Crippen LogP contribution in [0.1, 0.15) is 39.2 Å². The summed E-state index contributed by atoms with van der Waals surface area (Å²) in [6.45, 7) is 7.34. The van der Waals surface area contributed by atoms with Crippen LogP contribution in [-0.4, -0.2) is 54.7 Å². The quantitative estimate of drug-likeness (QED) is 0.844. The first kappa shape index (κ1) is 20.2. The van der Waals surface area contributed by atoms with Crippen molar-refractivity contribution in [1.29, 1.82) is 0 Å². The normalized spacial score (nSPS) is 17.4. The Balaban J connectivity index is 2.01. The molecule has 144 valence electrons. The molecule has 1 aromatic rings. The molecule has 1 aliphatic rings. The van der Waals surface area contributed by atoms with Gasteiger partial charge in [0.25, 0.3) is 0 Å². The van der Waals surface area contributed by atoms with Gasteiger partial charge in [0.15, 0.2) is 0 Å². The molecular weight excluding hydrogens is 330 g/mol. The van der Waals surface area contributed by atoms with Gasteiger partial charge in [-0.2, -0.15) is 0 Å². The summed E-state index contributed by atoms with van der Waals surface area (Å²) >= 11 is 0. The van der Waals surface area contributed by atoms with E-state index in [1.807, 2.05) is 30.3 Å². The Labute approximate surface area is 156 Å². The minimum atomic E-state index is -0.660. The second-order valence-electron chi connectivity index (χ2n) is 7.97. The molecule has 0 aromatic heterocycles. The standard InChI is InChI=1S/C20H31N3O3/c1-20(2,3)26-19(25)22-17(14-15-8-6-5-7-9-15)18(24)21-16-10-12-23(4)13-11-16/h5-9,16-17H,10-14H2,1-4H3,(H,21,24)(H,22,25). The van der Waals surface area contributed by atoms with E-state index in [9.17, 15) is 9.59 Å². The first-order chi connectivity index (χ1) is 12.2. The largest absolute Gasteiger partial charge is 0.444 e. The summed E-state index contributed by atoms with van der Waals surface area (Å²) in [6.07, 6.45) is 1.70. The van der Waals surface area contributed by atoms with E-state index in [-0.39, 0.29) is 11.9 Å². The van der Waals surface area contributed by atoms with Crippen LogP contribution < -0.4 is 10.6 Å². The number of piperidine rings is 1. The van der Waals surface area contributed by atoms with E-state index in [2.05, 4.69) is 22.6 Å². The highest BCUT2D eigenvalue weighted by Crippen LogP contribution is 2.11. The van der Waals surface area contributed by atoms with Crippen LogP contribution in [0.25, 0.3) is 0 Å². The van der Waals surface area contributed by atoms with Crippen molar-refractivity contribution >= 4 is 12.0 Å². The van der Waals surface area contributed by atoms with Gasteiger partial charge in [-0.15, -0.1) is 0 Å². The predicted octanol–water partition coefficient (Wildman–Crippen LogP) is 2.33. The lowest BCUT2D eigenvalue weighted by Gasteiger charge is -2.31. The van der Waals surface area contributed by atoms with Crippen LogP contribution in [-0.2, 0) is 16.0 Å². The highest BCUT2D eigenvalue weighted by atomic mass is 16.6. The molecule has 1 heterocycles. The van der Waals surface area contributed by atoms with Crippen LogP contribution in [0.3, 0.4) is 0 Å². The van der Waals surface area contributed by atoms with Gasteiger partial charge in [0.05, 0.1) is 0 Å². The summed E-state index contributed by atoms with van der Waals surface area (Å²) in [6, 6.07) is 9.17. The van der Waals surface area contributed by atoms with Gasteiger partial charge in [0.1, 0.15) is 11.6 Å². The van der Waals surface area contributed by atoms with Crippen LogP contribution in [0.4, 0.5) is 4.79 Å². The second kappa shape index (κ2) is 9.03. The molecule has 0 saturated carbocycles. The Morgan fingerprint density at radius 1 is 1.19 bits per heavy atom. The van der Waals surface area contributed by atoms with E-state index in [0.29, 0.717) is 6.42 Å². The third-order valence-corrected chi connectivity index (χ3v) is 4.36. The number of nitrogens with zero attached hydrogens (tertiary/aromatic N) is 1. The molecule has 6 nitrogen and oxygen atoms in total. The predicted molar refractivity (Wildman–Crippen MR) is 102 cm³/mol. The Bertz CT molecular complexity index is 590. The minimum Gasteiger partial charge on any atom is -0.444 e. The molecule has 0 spiro atoms. The second-order valence-corrected chi connectivity index (χ2v) is 7.97. The summed E-state index contributed by atoms with van der Waals surface area (Å²) in [4.78, 5) is 27.2. The molecule has 1 unspecified atom stereocenters. The minimum absolute atomic E-state index is 0.150. The summed E-state index contributed by atoms with van der Waals surface area (Å²) in [5, 5.41) is 5.83. The van der Waals surface area contributed by atoms with Crippen molar-refractivity contribution in [2.75, 3.05) is 20.1 Å². The van der Waals surface area contributed by atoms with Gasteiger partial charge in [-0.1, -0.05) is 30.3 Å². The monoisotopic (exact) mass is 361 g/mol. The van der Waals surface area contributed by atoms with Gasteiger partial charge in [-0.05, 0) is 59.3 Å². The summed E-state index contributed by atoms with van der Waals surface area (Å²) in [7, 11) is 2.08. The number of benzene rings is 1. The average molecular weight is 361 g/mol. The zero-order valence-corrected chi connectivity index (χ0v) is 16.2. The maximum Gasteiger partial charge on any atom is 0.408 e. The first-order valence-corrected chi connectivity index (χ1v) is 9.25. The molecule has 1 fully saturated rings. The molecule has 1 atom stereocenters. The number of ether oxygens (including phenoxy) is 1. The Morgan fingerprint density at radius 2 is 1.81 bits per heavy atom. The van der Waals surface area contributed by atoms with Crippen LogP contribution >= 0.6 is 0 Å². The summed E-state index contributed by atoms with van der Waals surface area (Å²) < 4.78 is 5.32. The van der Waals surface area contributed by atoms with Crippen molar-refractivity contribution in [3.8, 4) is 0 Å². The molecule has 1 aromatic carbocycles. The Kier molecular flexibility index (Phi) is 7.03. The molecule has 0 aliphatic carbocycles. The van der Waals surface area contributed by atoms with Crippen molar-refractivity contribution in [3.05, 3.63) is 35.9 Å². The Morgan fingerprint density at radius 3 is 2.38 bits per heavy atom. The zero-order chi connectivity index (χ0) is 19.2. The Hall–Kier alpha value is -2.08. The van der Waals surface area contributed by atoms with E-state index < -0.39 is 17.7 Å². The van der Waals surface area contributed by atoms with Gasteiger partial charge in [0, 0.05) is 12.5 Å². The van der Waals surface area contributed by atoms with Crippen LogP contribution in [0.15, 0.2) is 30.3 Å². The van der Waals surface area contributed by atoms with Crippen molar-refractivity contribution in [2.24, 2.45) is 0 Å². The highest BCUT2D eigenvalue weighted by Gasteiger charge is 2.27. The fourth-order valence-electron chi connectivity index (χ4n) is 2.96. The number of carbonyl (C=O) groups excluding carboxylic acids is 2. The lowest BCUT2D eigenvalue weighted by atomic mass is 10.0. The molecule has 2 N–H and O–H groups in total. The van der Waals surface area contributed by atoms with Crippen molar-refractivity contribution in [3.63, 3.8) is 0 Å². The van der Waals surface area contributed by atoms with Gasteiger partial charge in [-0.3, -0.25) is 4.79 Å². The molecule has 2 amide bonds. The maximum atomic E-state index is 12.8. The topological polar surface area (TPSA) is 70.7 Å². The molecule has 0 radical (unpaired) electrons. The fraction of sp³-hybridized carbons (Fsp3) is 0.600. The number of likely N-dealkylation sites (tertiary alicyclic amines) is 1. The maximum absolute atomic E-state index is 12.8. The number of amides is 2.